The van der Waals surface area contributed by atoms with Crippen LogP contribution in [0.4, 0.5) is 9.52 Å². The highest BCUT2D eigenvalue weighted by Crippen LogP contribution is 2.31. The van der Waals surface area contributed by atoms with E-state index in [4.69, 9.17) is 5.84 Å². The van der Waals surface area contributed by atoms with Crippen LogP contribution in [0.5, 0.6) is 0 Å². The number of hydrogen-bond donors (Lipinski definition) is 2. The van der Waals surface area contributed by atoms with Crippen molar-refractivity contribution in [1.29, 1.82) is 0 Å². The molecule has 6 heteroatoms. The molecule has 0 unspecified atom stereocenters. The molecule has 2 rings (SSSR count). The normalized spacial score (nSPS) is 10.7. The zero-order valence-corrected chi connectivity index (χ0v) is 8.75. The summed E-state index contributed by atoms with van der Waals surface area (Å²) in [5, 5.41) is 0.571. The topological polar surface area (TPSA) is 50.9 Å². The van der Waals surface area contributed by atoms with Crippen LogP contribution in [0.25, 0.3) is 10.2 Å². The van der Waals surface area contributed by atoms with Crippen LogP contribution < -0.4 is 11.3 Å². The molecule has 3 N–H and O–H groups in total. The second-order valence-corrected chi connectivity index (χ2v) is 4.28. The standard InChI is InChI=1S/C7H5BrFN3S/c8-4-1-3(9)2-5-6(4)11-7(12-10)13-5/h1-2H,10H2,(H,11,12). The van der Waals surface area contributed by atoms with Gasteiger partial charge >= 0.3 is 0 Å². The van der Waals surface area contributed by atoms with E-state index >= 15 is 0 Å². The summed E-state index contributed by atoms with van der Waals surface area (Å²) in [5.74, 6) is 4.91. The number of nitrogen functional groups attached to an aromatic ring is 1. The third kappa shape index (κ3) is 1.52. The van der Waals surface area contributed by atoms with Gasteiger partial charge in [0.05, 0.1) is 10.2 Å². The van der Waals surface area contributed by atoms with Crippen molar-refractivity contribution in [1.82, 2.24) is 4.98 Å². The Morgan fingerprint density at radius 2 is 2.31 bits per heavy atom. The van der Waals surface area contributed by atoms with Crippen LogP contribution in [0.2, 0.25) is 0 Å². The summed E-state index contributed by atoms with van der Waals surface area (Å²) in [6.45, 7) is 0. The summed E-state index contributed by atoms with van der Waals surface area (Å²) in [5.41, 5.74) is 3.15. The molecule has 0 spiro atoms. The van der Waals surface area contributed by atoms with Gasteiger partial charge in [-0.25, -0.2) is 15.2 Å². The summed E-state index contributed by atoms with van der Waals surface area (Å²) in [6.07, 6.45) is 0. The number of hydrazine groups is 1. The fourth-order valence-corrected chi connectivity index (χ4v) is 2.50. The molecule has 2 aromatic rings. The number of benzene rings is 1. The minimum absolute atomic E-state index is 0.286. The Balaban J connectivity index is 2.75. The molecule has 0 fully saturated rings. The van der Waals surface area contributed by atoms with Crippen molar-refractivity contribution in [3.8, 4) is 0 Å². The predicted octanol–water partition coefficient (Wildman–Crippen LogP) is 2.48. The lowest BCUT2D eigenvalue weighted by Crippen LogP contribution is -2.05. The van der Waals surface area contributed by atoms with E-state index in [1.54, 1.807) is 0 Å². The quantitative estimate of drug-likeness (QED) is 0.613. The van der Waals surface area contributed by atoms with Crippen molar-refractivity contribution < 1.29 is 4.39 Å². The second kappa shape index (κ2) is 3.21. The molecule has 0 aliphatic carbocycles. The molecule has 0 aliphatic rings. The van der Waals surface area contributed by atoms with Crippen molar-refractivity contribution >= 4 is 42.6 Å². The maximum absolute atomic E-state index is 12.9. The van der Waals surface area contributed by atoms with E-state index in [1.165, 1.54) is 23.5 Å². The van der Waals surface area contributed by atoms with Gasteiger partial charge in [-0.05, 0) is 28.1 Å². The van der Waals surface area contributed by atoms with Gasteiger partial charge < -0.3 is 0 Å². The summed E-state index contributed by atoms with van der Waals surface area (Å²) < 4.78 is 14.3. The van der Waals surface area contributed by atoms with Crippen LogP contribution in [-0.4, -0.2) is 4.98 Å². The number of nitrogens with zero attached hydrogens (tertiary/aromatic N) is 1. The molecular formula is C7H5BrFN3S. The summed E-state index contributed by atoms with van der Waals surface area (Å²) >= 11 is 4.53. The zero-order chi connectivity index (χ0) is 9.42. The monoisotopic (exact) mass is 261 g/mol. The molecule has 0 bridgehead atoms. The Morgan fingerprint density at radius 1 is 1.54 bits per heavy atom. The molecule has 0 radical (unpaired) electrons. The molecule has 0 saturated carbocycles. The average Bonchev–Trinajstić information content (AvgIpc) is 2.47. The molecule has 1 aromatic heterocycles. The number of thiazole rings is 1. The second-order valence-electron chi connectivity index (χ2n) is 2.40. The highest BCUT2D eigenvalue weighted by molar-refractivity contribution is 9.10. The van der Waals surface area contributed by atoms with Gasteiger partial charge in [-0.3, -0.25) is 5.43 Å². The largest absolute Gasteiger partial charge is 0.300 e. The lowest BCUT2D eigenvalue weighted by molar-refractivity contribution is 0.629. The SMILES string of the molecule is NNc1nc2c(Br)cc(F)cc2s1. The van der Waals surface area contributed by atoms with Crippen LogP contribution in [0.1, 0.15) is 0 Å². The summed E-state index contributed by atoms with van der Waals surface area (Å²) in [7, 11) is 0. The van der Waals surface area contributed by atoms with Crippen LogP contribution in [0.3, 0.4) is 0 Å². The maximum Gasteiger partial charge on any atom is 0.198 e. The summed E-state index contributed by atoms with van der Waals surface area (Å²) in [6, 6.07) is 2.81. The Hall–Kier alpha value is -0.720. The van der Waals surface area contributed by atoms with Crippen LogP contribution in [-0.2, 0) is 0 Å². The molecule has 13 heavy (non-hydrogen) atoms. The van der Waals surface area contributed by atoms with Gasteiger partial charge in [0, 0.05) is 4.47 Å². The molecule has 1 aromatic carbocycles. The lowest BCUT2D eigenvalue weighted by atomic mass is 10.3. The van der Waals surface area contributed by atoms with Crippen molar-refractivity contribution in [3.05, 3.63) is 22.4 Å². The predicted molar refractivity (Wildman–Crippen MR) is 55.1 cm³/mol. The third-order valence-electron chi connectivity index (χ3n) is 1.54. The number of hydrogen-bond acceptors (Lipinski definition) is 4. The molecule has 1 heterocycles. The number of fused-ring (bicyclic) bond motifs is 1. The number of nitrogens with one attached hydrogen (secondary N) is 1. The number of aromatic nitrogens is 1. The smallest absolute Gasteiger partial charge is 0.198 e. The van der Waals surface area contributed by atoms with Gasteiger partial charge in [0.15, 0.2) is 5.13 Å². The van der Waals surface area contributed by atoms with E-state index in [2.05, 4.69) is 26.3 Å². The molecular weight excluding hydrogens is 257 g/mol. The maximum atomic E-state index is 12.9. The van der Waals surface area contributed by atoms with Gasteiger partial charge in [-0.1, -0.05) is 11.3 Å². The van der Waals surface area contributed by atoms with Crippen molar-refractivity contribution in [2.45, 2.75) is 0 Å². The van der Waals surface area contributed by atoms with Crippen molar-refractivity contribution in [3.63, 3.8) is 0 Å². The Labute approximate surface area is 85.9 Å². The fourth-order valence-electron chi connectivity index (χ4n) is 1.02. The molecule has 0 aliphatic heterocycles. The highest BCUT2D eigenvalue weighted by Gasteiger charge is 2.07. The fraction of sp³-hybridized carbons (Fsp3) is 0. The van der Waals surface area contributed by atoms with Crippen molar-refractivity contribution in [2.75, 3.05) is 5.43 Å². The summed E-state index contributed by atoms with van der Waals surface area (Å²) in [4.78, 5) is 4.14. The van der Waals surface area contributed by atoms with Gasteiger partial charge in [0.2, 0.25) is 0 Å². The first-order chi connectivity index (χ1) is 6.20. The van der Waals surface area contributed by atoms with E-state index in [-0.39, 0.29) is 5.82 Å². The van der Waals surface area contributed by atoms with Crippen molar-refractivity contribution in [2.24, 2.45) is 5.84 Å². The molecule has 0 atom stereocenters. The number of anilines is 1. The Morgan fingerprint density at radius 3 is 3.00 bits per heavy atom. The van der Waals surface area contributed by atoms with Crippen LogP contribution in [0.15, 0.2) is 16.6 Å². The lowest BCUT2D eigenvalue weighted by Gasteiger charge is -1.91. The number of nitrogens with two attached hydrogens (primary N) is 1. The van der Waals surface area contributed by atoms with E-state index in [1.807, 2.05) is 0 Å². The van der Waals surface area contributed by atoms with E-state index in [0.717, 1.165) is 10.2 Å². The highest BCUT2D eigenvalue weighted by atomic mass is 79.9. The van der Waals surface area contributed by atoms with Gasteiger partial charge in [0.1, 0.15) is 5.82 Å². The first-order valence-corrected chi connectivity index (χ1v) is 5.04. The average molecular weight is 262 g/mol. The van der Waals surface area contributed by atoms with Crippen LogP contribution in [0, 0.1) is 5.82 Å². The Kier molecular flexibility index (Phi) is 2.19. The molecule has 0 amide bonds. The van der Waals surface area contributed by atoms with E-state index in [0.29, 0.717) is 9.60 Å². The minimum Gasteiger partial charge on any atom is -0.300 e. The molecule has 3 nitrogen and oxygen atoms in total. The third-order valence-corrected chi connectivity index (χ3v) is 3.07. The number of halogens is 2. The molecule has 0 saturated heterocycles. The van der Waals surface area contributed by atoms with E-state index < -0.39 is 0 Å². The first kappa shape index (κ1) is 8.86. The first-order valence-electron chi connectivity index (χ1n) is 3.43. The van der Waals surface area contributed by atoms with E-state index in [9.17, 15) is 4.39 Å². The zero-order valence-electron chi connectivity index (χ0n) is 6.34. The van der Waals surface area contributed by atoms with Crippen LogP contribution >= 0.6 is 27.3 Å². The number of rotatable bonds is 1. The van der Waals surface area contributed by atoms with Gasteiger partial charge in [0.25, 0.3) is 0 Å². The van der Waals surface area contributed by atoms with Gasteiger partial charge in [-0.2, -0.15) is 0 Å². The van der Waals surface area contributed by atoms with Gasteiger partial charge in [-0.15, -0.1) is 0 Å². The molecule has 68 valence electrons. The minimum atomic E-state index is -0.286. The Bertz CT molecular complexity index is 456.